The van der Waals surface area contributed by atoms with Gasteiger partial charge in [-0.1, -0.05) is 12.1 Å². The fourth-order valence-electron chi connectivity index (χ4n) is 2.51. The lowest BCUT2D eigenvalue weighted by atomic mass is 10.2. The zero-order valence-corrected chi connectivity index (χ0v) is 11.8. The highest BCUT2D eigenvalue weighted by Crippen LogP contribution is 2.29. The first-order valence-electron chi connectivity index (χ1n) is 7.05. The van der Waals surface area contributed by atoms with Gasteiger partial charge in [0.25, 0.3) is 11.5 Å². The number of carbonyl (C=O) groups is 2. The molecule has 0 spiro atoms. The number of nitrogens with zero attached hydrogens (tertiary/aromatic N) is 1. The Morgan fingerprint density at radius 2 is 1.95 bits per heavy atom. The number of amides is 2. The number of hydrogen-bond donors (Lipinski definition) is 2. The molecule has 0 saturated carbocycles. The first kappa shape index (κ1) is 14.1. The third kappa shape index (κ3) is 2.63. The van der Waals surface area contributed by atoms with Crippen molar-refractivity contribution in [3.8, 4) is 0 Å². The van der Waals surface area contributed by atoms with E-state index in [9.17, 15) is 14.4 Å². The van der Waals surface area contributed by atoms with Crippen LogP contribution in [0.15, 0.2) is 47.4 Å². The number of hydrogen-bond acceptors (Lipinski definition) is 3. The fourth-order valence-corrected chi connectivity index (χ4v) is 2.51. The van der Waals surface area contributed by atoms with E-state index < -0.39 is 11.5 Å². The smallest absolute Gasteiger partial charge is 0.261 e. The molecule has 0 unspecified atom stereocenters. The predicted molar refractivity (Wildman–Crippen MR) is 83.0 cm³/mol. The maximum absolute atomic E-state index is 12.2. The normalized spacial score (nSPS) is 14.2. The van der Waals surface area contributed by atoms with Crippen LogP contribution in [-0.4, -0.2) is 23.3 Å². The van der Waals surface area contributed by atoms with Crippen molar-refractivity contribution >= 4 is 23.2 Å². The van der Waals surface area contributed by atoms with E-state index in [2.05, 4.69) is 10.3 Å². The first-order valence-corrected chi connectivity index (χ1v) is 7.05. The van der Waals surface area contributed by atoms with Crippen LogP contribution < -0.4 is 15.8 Å². The minimum Gasteiger partial charge on any atom is -0.328 e. The van der Waals surface area contributed by atoms with E-state index >= 15 is 0 Å². The van der Waals surface area contributed by atoms with Crippen molar-refractivity contribution in [2.45, 2.75) is 12.8 Å². The number of aromatic nitrogens is 1. The van der Waals surface area contributed by atoms with Crippen molar-refractivity contribution in [2.24, 2.45) is 0 Å². The van der Waals surface area contributed by atoms with Crippen LogP contribution >= 0.6 is 0 Å². The Morgan fingerprint density at radius 3 is 2.68 bits per heavy atom. The molecule has 2 aromatic rings. The lowest BCUT2D eigenvalue weighted by molar-refractivity contribution is -0.117. The molecular formula is C16H15N3O3. The SMILES string of the molecule is O=C(Nc1ccccc1N1CCCC1=O)c1ccc[nH]c1=O. The number of nitrogens with one attached hydrogen (secondary N) is 2. The lowest BCUT2D eigenvalue weighted by Crippen LogP contribution is -2.27. The number of carbonyl (C=O) groups excluding carboxylic acids is 2. The Hall–Kier alpha value is -2.89. The van der Waals surface area contributed by atoms with E-state index in [4.69, 9.17) is 0 Å². The van der Waals surface area contributed by atoms with Crippen molar-refractivity contribution in [3.05, 3.63) is 58.5 Å². The summed E-state index contributed by atoms with van der Waals surface area (Å²) < 4.78 is 0. The quantitative estimate of drug-likeness (QED) is 0.905. The summed E-state index contributed by atoms with van der Waals surface area (Å²) in [5, 5.41) is 2.71. The molecule has 22 heavy (non-hydrogen) atoms. The zero-order valence-electron chi connectivity index (χ0n) is 11.8. The number of anilines is 2. The van der Waals surface area contributed by atoms with E-state index in [0.29, 0.717) is 24.3 Å². The molecule has 2 heterocycles. The minimum atomic E-state index is -0.499. The van der Waals surface area contributed by atoms with Crippen LogP contribution in [-0.2, 0) is 4.79 Å². The monoisotopic (exact) mass is 297 g/mol. The average molecular weight is 297 g/mol. The molecule has 112 valence electrons. The van der Waals surface area contributed by atoms with Crippen molar-refractivity contribution in [1.82, 2.24) is 4.98 Å². The molecule has 1 saturated heterocycles. The third-order valence-corrected chi connectivity index (χ3v) is 3.58. The summed E-state index contributed by atoms with van der Waals surface area (Å²) in [5.41, 5.74) is 0.761. The largest absolute Gasteiger partial charge is 0.328 e. The van der Waals surface area contributed by atoms with Crippen molar-refractivity contribution in [1.29, 1.82) is 0 Å². The Labute approximate surface area is 126 Å². The molecule has 1 aromatic carbocycles. The van der Waals surface area contributed by atoms with E-state index in [-0.39, 0.29) is 11.5 Å². The molecule has 1 aliphatic rings. The lowest BCUT2D eigenvalue weighted by Gasteiger charge is -2.19. The van der Waals surface area contributed by atoms with E-state index in [0.717, 1.165) is 6.42 Å². The van der Waals surface area contributed by atoms with Gasteiger partial charge in [-0.3, -0.25) is 14.4 Å². The molecule has 2 N–H and O–H groups in total. The Balaban J connectivity index is 1.90. The minimum absolute atomic E-state index is 0.0325. The summed E-state index contributed by atoms with van der Waals surface area (Å²) in [5.74, 6) is -0.458. The molecular weight excluding hydrogens is 282 g/mol. The molecule has 6 nitrogen and oxygen atoms in total. The highest BCUT2D eigenvalue weighted by atomic mass is 16.2. The topological polar surface area (TPSA) is 82.3 Å². The van der Waals surface area contributed by atoms with Crippen molar-refractivity contribution in [3.63, 3.8) is 0 Å². The second kappa shape index (κ2) is 5.85. The summed E-state index contributed by atoms with van der Waals surface area (Å²) in [6.45, 7) is 0.637. The highest BCUT2D eigenvalue weighted by Gasteiger charge is 2.24. The first-order chi connectivity index (χ1) is 10.7. The van der Waals surface area contributed by atoms with Gasteiger partial charge in [0.2, 0.25) is 5.91 Å². The van der Waals surface area contributed by atoms with Crippen LogP contribution in [0, 0.1) is 0 Å². The third-order valence-electron chi connectivity index (χ3n) is 3.58. The summed E-state index contributed by atoms with van der Waals surface area (Å²) in [7, 11) is 0. The van der Waals surface area contributed by atoms with E-state index in [1.807, 2.05) is 6.07 Å². The molecule has 3 rings (SSSR count). The standard InChI is InChI=1S/C16H15N3O3/c20-14-8-4-10-19(14)13-7-2-1-6-12(13)18-16(22)11-5-3-9-17-15(11)21/h1-3,5-7,9H,4,8,10H2,(H,17,21)(H,18,22). The molecule has 1 fully saturated rings. The van der Waals surface area contributed by atoms with Crippen molar-refractivity contribution < 1.29 is 9.59 Å². The predicted octanol–water partition coefficient (Wildman–Crippen LogP) is 1.75. The molecule has 2 amide bonds. The molecule has 0 bridgehead atoms. The maximum Gasteiger partial charge on any atom is 0.261 e. The Morgan fingerprint density at radius 1 is 1.14 bits per heavy atom. The maximum atomic E-state index is 12.2. The van der Waals surface area contributed by atoms with Gasteiger partial charge in [0.15, 0.2) is 0 Å². The highest BCUT2D eigenvalue weighted by molar-refractivity contribution is 6.07. The average Bonchev–Trinajstić information content (AvgIpc) is 2.94. The van der Waals surface area contributed by atoms with Gasteiger partial charge in [0.05, 0.1) is 11.4 Å². The fraction of sp³-hybridized carbons (Fsp3) is 0.188. The zero-order chi connectivity index (χ0) is 15.5. The van der Waals surface area contributed by atoms with Gasteiger partial charge in [-0.2, -0.15) is 0 Å². The van der Waals surface area contributed by atoms with Gasteiger partial charge in [-0.25, -0.2) is 0 Å². The molecule has 0 aliphatic carbocycles. The number of para-hydroxylation sites is 2. The van der Waals surface area contributed by atoms with Crippen LogP contribution in [0.25, 0.3) is 0 Å². The molecule has 0 radical (unpaired) electrons. The number of rotatable bonds is 3. The van der Waals surface area contributed by atoms with Gasteiger partial charge < -0.3 is 15.2 Å². The van der Waals surface area contributed by atoms with E-state index in [1.165, 1.54) is 12.3 Å². The van der Waals surface area contributed by atoms with Crippen LogP contribution in [0.4, 0.5) is 11.4 Å². The molecule has 1 aromatic heterocycles. The second-order valence-corrected chi connectivity index (χ2v) is 5.03. The van der Waals surface area contributed by atoms with Crippen LogP contribution in [0.2, 0.25) is 0 Å². The van der Waals surface area contributed by atoms with Crippen LogP contribution in [0.1, 0.15) is 23.2 Å². The second-order valence-electron chi connectivity index (χ2n) is 5.03. The number of aromatic amines is 1. The molecule has 6 heteroatoms. The molecule has 0 atom stereocenters. The summed E-state index contributed by atoms with van der Waals surface area (Å²) in [4.78, 5) is 39.9. The van der Waals surface area contributed by atoms with Gasteiger partial charge in [0, 0.05) is 19.2 Å². The van der Waals surface area contributed by atoms with Gasteiger partial charge in [-0.15, -0.1) is 0 Å². The van der Waals surface area contributed by atoms with E-state index in [1.54, 1.807) is 29.2 Å². The van der Waals surface area contributed by atoms with Gasteiger partial charge >= 0.3 is 0 Å². The molecule has 1 aliphatic heterocycles. The number of H-pyrrole nitrogens is 1. The van der Waals surface area contributed by atoms with Gasteiger partial charge in [-0.05, 0) is 30.7 Å². The van der Waals surface area contributed by atoms with Gasteiger partial charge in [0.1, 0.15) is 5.56 Å². The summed E-state index contributed by atoms with van der Waals surface area (Å²) in [6.07, 6.45) is 2.79. The van der Waals surface area contributed by atoms with Crippen molar-refractivity contribution in [2.75, 3.05) is 16.8 Å². The Bertz CT molecular complexity index is 782. The summed E-state index contributed by atoms with van der Waals surface area (Å²) in [6, 6.07) is 10.1. The summed E-state index contributed by atoms with van der Waals surface area (Å²) >= 11 is 0. The van der Waals surface area contributed by atoms with Crippen LogP contribution in [0.5, 0.6) is 0 Å². The van der Waals surface area contributed by atoms with Crippen LogP contribution in [0.3, 0.4) is 0 Å². The number of benzene rings is 1. The number of pyridine rings is 1. The Kier molecular flexibility index (Phi) is 3.74.